The van der Waals surface area contributed by atoms with Crippen molar-refractivity contribution in [3.8, 4) is 11.3 Å². The number of aromatic nitrogens is 2. The number of amides is 1. The summed E-state index contributed by atoms with van der Waals surface area (Å²) in [6.07, 6.45) is 0.926. The molecule has 2 aromatic rings. The Balaban J connectivity index is 1.91. The summed E-state index contributed by atoms with van der Waals surface area (Å²) in [5.41, 5.74) is 1.32. The summed E-state index contributed by atoms with van der Waals surface area (Å²) >= 11 is 0. The molecule has 1 heterocycles. The lowest BCUT2D eigenvalue weighted by Gasteiger charge is -2.15. The summed E-state index contributed by atoms with van der Waals surface area (Å²) in [5.74, 6) is -0.186. The van der Waals surface area contributed by atoms with Gasteiger partial charge in [0.05, 0.1) is 25.3 Å². The molecule has 2 N–H and O–H groups in total. The number of hydrogen-bond donors (Lipinski definition) is 2. The standard InChI is InChI=1S/C19H26N4O2/c1-3-22(4-2)14-8-13-20-18(24)15-23-19(25)12-11-17(21-23)16-9-6-5-7-10-16/h5-7,9-12H,3-4,8,13-15H2,1-2H3,(H,20,24)/p+1. The predicted molar refractivity (Wildman–Crippen MR) is 98.5 cm³/mol. The Morgan fingerprint density at radius 1 is 1.12 bits per heavy atom. The van der Waals surface area contributed by atoms with E-state index in [1.54, 1.807) is 6.07 Å². The number of benzene rings is 1. The van der Waals surface area contributed by atoms with E-state index in [9.17, 15) is 9.59 Å². The van der Waals surface area contributed by atoms with Crippen LogP contribution in [0.15, 0.2) is 47.3 Å². The van der Waals surface area contributed by atoms with Crippen LogP contribution in [0.4, 0.5) is 0 Å². The molecule has 134 valence electrons. The van der Waals surface area contributed by atoms with Crippen LogP contribution in [0.5, 0.6) is 0 Å². The van der Waals surface area contributed by atoms with Crippen LogP contribution in [0.25, 0.3) is 11.3 Å². The summed E-state index contributed by atoms with van der Waals surface area (Å²) in [6, 6.07) is 12.7. The molecule has 25 heavy (non-hydrogen) atoms. The molecule has 0 radical (unpaired) electrons. The van der Waals surface area contributed by atoms with Gasteiger partial charge in [0.1, 0.15) is 6.54 Å². The Kier molecular flexibility index (Phi) is 7.35. The Bertz CT molecular complexity index is 724. The molecule has 0 saturated heterocycles. The van der Waals surface area contributed by atoms with Crippen molar-refractivity contribution in [3.63, 3.8) is 0 Å². The first-order valence-electron chi connectivity index (χ1n) is 8.88. The molecule has 0 aliphatic heterocycles. The van der Waals surface area contributed by atoms with E-state index in [4.69, 9.17) is 0 Å². The fourth-order valence-corrected chi connectivity index (χ4v) is 2.69. The first-order valence-corrected chi connectivity index (χ1v) is 8.88. The van der Waals surface area contributed by atoms with Crippen LogP contribution in [-0.2, 0) is 11.3 Å². The molecule has 1 amide bonds. The maximum absolute atomic E-state index is 12.1. The zero-order valence-electron chi connectivity index (χ0n) is 15.0. The zero-order chi connectivity index (χ0) is 18.1. The van der Waals surface area contributed by atoms with Crippen LogP contribution >= 0.6 is 0 Å². The molecule has 0 bridgehead atoms. The molecule has 0 fully saturated rings. The van der Waals surface area contributed by atoms with E-state index in [1.165, 1.54) is 15.6 Å². The van der Waals surface area contributed by atoms with E-state index < -0.39 is 0 Å². The Morgan fingerprint density at radius 2 is 1.84 bits per heavy atom. The van der Waals surface area contributed by atoms with Gasteiger partial charge in [0, 0.05) is 24.6 Å². The number of rotatable bonds is 9. The summed E-state index contributed by atoms with van der Waals surface area (Å²) in [6.45, 7) is 8.11. The van der Waals surface area contributed by atoms with E-state index in [-0.39, 0.29) is 18.0 Å². The van der Waals surface area contributed by atoms with E-state index in [2.05, 4.69) is 24.3 Å². The van der Waals surface area contributed by atoms with Crippen molar-refractivity contribution >= 4 is 5.91 Å². The Morgan fingerprint density at radius 3 is 2.52 bits per heavy atom. The molecule has 0 atom stereocenters. The molecule has 0 saturated carbocycles. The number of carbonyl (C=O) groups is 1. The van der Waals surface area contributed by atoms with Gasteiger partial charge in [0.25, 0.3) is 5.56 Å². The van der Waals surface area contributed by atoms with Crippen molar-refractivity contribution in [1.29, 1.82) is 0 Å². The smallest absolute Gasteiger partial charge is 0.267 e. The fraction of sp³-hybridized carbons (Fsp3) is 0.421. The number of nitrogens with zero attached hydrogens (tertiary/aromatic N) is 2. The van der Waals surface area contributed by atoms with Crippen LogP contribution in [-0.4, -0.2) is 41.9 Å². The van der Waals surface area contributed by atoms with Crippen molar-refractivity contribution in [1.82, 2.24) is 15.1 Å². The summed E-state index contributed by atoms with van der Waals surface area (Å²) < 4.78 is 1.22. The van der Waals surface area contributed by atoms with E-state index in [1.807, 2.05) is 30.3 Å². The SMILES string of the molecule is CC[NH+](CC)CCCNC(=O)Cn1nc(-c2ccccc2)ccc1=O. The number of nitrogens with one attached hydrogen (secondary N) is 2. The lowest BCUT2D eigenvalue weighted by Crippen LogP contribution is -3.11. The summed E-state index contributed by atoms with van der Waals surface area (Å²) in [5, 5.41) is 7.17. The minimum absolute atomic E-state index is 0.0579. The molecule has 0 aliphatic carbocycles. The van der Waals surface area contributed by atoms with Gasteiger partial charge in [-0.2, -0.15) is 5.10 Å². The maximum atomic E-state index is 12.1. The average molecular weight is 343 g/mol. The van der Waals surface area contributed by atoms with Crippen molar-refractivity contribution in [2.45, 2.75) is 26.8 Å². The van der Waals surface area contributed by atoms with Crippen molar-refractivity contribution in [3.05, 3.63) is 52.8 Å². The quantitative estimate of drug-likeness (QED) is 0.645. The molecule has 1 aromatic heterocycles. The highest BCUT2D eigenvalue weighted by Gasteiger charge is 2.08. The van der Waals surface area contributed by atoms with Gasteiger partial charge in [-0.3, -0.25) is 9.59 Å². The van der Waals surface area contributed by atoms with Gasteiger partial charge in [-0.25, -0.2) is 4.68 Å². The predicted octanol–water partition coefficient (Wildman–Crippen LogP) is 0.341. The second-order valence-corrected chi connectivity index (χ2v) is 5.99. The average Bonchev–Trinajstić information content (AvgIpc) is 2.64. The third kappa shape index (κ3) is 5.83. The molecule has 0 aliphatic rings. The number of carbonyl (C=O) groups excluding carboxylic acids is 1. The van der Waals surface area contributed by atoms with Crippen LogP contribution in [0.2, 0.25) is 0 Å². The first kappa shape index (κ1) is 18.9. The third-order valence-corrected chi connectivity index (χ3v) is 4.26. The minimum atomic E-state index is -0.276. The van der Waals surface area contributed by atoms with Crippen LogP contribution in [0.3, 0.4) is 0 Å². The van der Waals surface area contributed by atoms with Crippen molar-refractivity contribution in [2.75, 3.05) is 26.2 Å². The Hall–Kier alpha value is -2.47. The second kappa shape index (κ2) is 9.74. The fourth-order valence-electron chi connectivity index (χ4n) is 2.69. The third-order valence-electron chi connectivity index (χ3n) is 4.26. The highest BCUT2D eigenvalue weighted by atomic mass is 16.2. The van der Waals surface area contributed by atoms with Gasteiger partial charge in [-0.15, -0.1) is 0 Å². The largest absolute Gasteiger partial charge is 0.354 e. The molecule has 6 heteroatoms. The van der Waals surface area contributed by atoms with Gasteiger partial charge < -0.3 is 10.2 Å². The highest BCUT2D eigenvalue weighted by Crippen LogP contribution is 2.13. The lowest BCUT2D eigenvalue weighted by molar-refractivity contribution is -0.896. The van der Waals surface area contributed by atoms with E-state index in [0.29, 0.717) is 12.2 Å². The molecule has 2 rings (SSSR count). The Labute approximate surface area is 148 Å². The highest BCUT2D eigenvalue weighted by molar-refractivity contribution is 5.75. The first-order chi connectivity index (χ1) is 12.1. The van der Waals surface area contributed by atoms with Gasteiger partial charge in [-0.1, -0.05) is 30.3 Å². The van der Waals surface area contributed by atoms with Gasteiger partial charge >= 0.3 is 0 Å². The number of hydrogen-bond acceptors (Lipinski definition) is 3. The molecular formula is C19H27N4O2+. The minimum Gasteiger partial charge on any atom is -0.354 e. The van der Waals surface area contributed by atoms with Gasteiger partial charge in [0.2, 0.25) is 5.91 Å². The van der Waals surface area contributed by atoms with E-state index >= 15 is 0 Å². The topological polar surface area (TPSA) is 68.4 Å². The number of quaternary nitrogens is 1. The van der Waals surface area contributed by atoms with E-state index in [0.717, 1.165) is 31.6 Å². The van der Waals surface area contributed by atoms with Crippen LogP contribution in [0, 0.1) is 0 Å². The summed E-state index contributed by atoms with van der Waals surface area (Å²) in [4.78, 5) is 25.5. The van der Waals surface area contributed by atoms with Crippen LogP contribution in [0.1, 0.15) is 20.3 Å². The molecular weight excluding hydrogens is 316 g/mol. The van der Waals surface area contributed by atoms with Crippen molar-refractivity contribution in [2.24, 2.45) is 0 Å². The summed E-state index contributed by atoms with van der Waals surface area (Å²) in [7, 11) is 0. The van der Waals surface area contributed by atoms with Gasteiger partial charge in [0.15, 0.2) is 0 Å². The molecule has 0 unspecified atom stereocenters. The van der Waals surface area contributed by atoms with Crippen LogP contribution < -0.4 is 15.8 Å². The maximum Gasteiger partial charge on any atom is 0.267 e. The zero-order valence-corrected chi connectivity index (χ0v) is 15.0. The molecule has 6 nitrogen and oxygen atoms in total. The molecule has 1 aromatic carbocycles. The van der Waals surface area contributed by atoms with Crippen molar-refractivity contribution < 1.29 is 9.69 Å². The molecule has 0 spiro atoms. The van der Waals surface area contributed by atoms with Gasteiger partial charge in [-0.05, 0) is 19.9 Å². The lowest BCUT2D eigenvalue weighted by atomic mass is 10.1. The normalized spacial score (nSPS) is 10.8. The second-order valence-electron chi connectivity index (χ2n) is 5.99. The monoisotopic (exact) mass is 343 g/mol.